The van der Waals surface area contributed by atoms with Gasteiger partial charge >= 0.3 is 0 Å². The number of nitrogens with zero attached hydrogens (tertiary/aromatic N) is 5. The number of hydrogen-bond donors (Lipinski definition) is 0. The maximum absolute atomic E-state index is 8.70. The van der Waals surface area contributed by atoms with Gasteiger partial charge in [-0.1, -0.05) is 109 Å². The Morgan fingerprint density at radius 1 is 0.327 bits per heavy atom. The van der Waals surface area contributed by atoms with Gasteiger partial charge in [0.1, 0.15) is 0 Å². The lowest BCUT2D eigenvalue weighted by molar-refractivity contribution is 1.17. The van der Waals surface area contributed by atoms with Gasteiger partial charge in [-0.2, -0.15) is 0 Å². The molecule has 0 aliphatic heterocycles. The quantitative estimate of drug-likeness (QED) is 0.163. The van der Waals surface area contributed by atoms with Crippen LogP contribution in [0.15, 0.2) is 176 Å². The van der Waals surface area contributed by atoms with Crippen LogP contribution in [0.1, 0.15) is 0 Å². The number of aromatic nitrogens is 3. The Kier molecular flexibility index (Phi) is 6.61. The van der Waals surface area contributed by atoms with E-state index in [2.05, 4.69) is 169 Å². The van der Waals surface area contributed by atoms with Gasteiger partial charge in [0.05, 0.1) is 57.6 Å². The fourth-order valence-electron chi connectivity index (χ4n) is 8.79. The molecule has 0 spiro atoms. The molecule has 0 aliphatic carbocycles. The molecule has 0 N–H and O–H groups in total. The van der Waals surface area contributed by atoms with Gasteiger partial charge in [0.2, 0.25) is 5.69 Å². The molecule has 0 radical (unpaired) electrons. The van der Waals surface area contributed by atoms with E-state index in [9.17, 15) is 0 Å². The van der Waals surface area contributed by atoms with Crippen molar-refractivity contribution in [2.24, 2.45) is 0 Å². The predicted octanol–water partition coefficient (Wildman–Crippen LogP) is 13.7. The van der Waals surface area contributed by atoms with Crippen LogP contribution in [0, 0.1) is 13.1 Å². The van der Waals surface area contributed by atoms with Crippen LogP contribution in [0.3, 0.4) is 0 Å². The summed E-state index contributed by atoms with van der Waals surface area (Å²) in [5, 5.41) is 6.83. The van der Waals surface area contributed by atoms with Crippen LogP contribution >= 0.6 is 0 Å². The van der Waals surface area contributed by atoms with Crippen molar-refractivity contribution in [2.45, 2.75) is 0 Å². The number of para-hydroxylation sites is 6. The highest BCUT2D eigenvalue weighted by molar-refractivity contribution is 6.14. The molecule has 11 rings (SSSR count). The highest BCUT2D eigenvalue weighted by Crippen LogP contribution is 2.44. The summed E-state index contributed by atoms with van der Waals surface area (Å²) in [6.45, 7) is 16.4. The van der Waals surface area contributed by atoms with Crippen LogP contribution in [0.2, 0.25) is 0 Å². The molecule has 11 aromatic rings. The number of benzene rings is 8. The van der Waals surface area contributed by atoms with E-state index in [1.165, 1.54) is 21.8 Å². The Balaban J connectivity index is 1.15. The molecule has 0 aliphatic rings. The van der Waals surface area contributed by atoms with Crippen molar-refractivity contribution >= 4 is 76.8 Å². The minimum Gasteiger partial charge on any atom is -0.319 e. The number of hydrogen-bond acceptors (Lipinski definition) is 0. The van der Waals surface area contributed by atoms with Crippen molar-refractivity contribution in [2.75, 3.05) is 0 Å². The summed E-state index contributed by atoms with van der Waals surface area (Å²) >= 11 is 0. The van der Waals surface area contributed by atoms with E-state index in [4.69, 9.17) is 13.1 Å². The third-order valence-corrected chi connectivity index (χ3v) is 11.1. The van der Waals surface area contributed by atoms with Crippen molar-refractivity contribution in [1.29, 1.82) is 0 Å². The second-order valence-electron chi connectivity index (χ2n) is 13.9. The fourth-order valence-corrected chi connectivity index (χ4v) is 8.79. The van der Waals surface area contributed by atoms with E-state index in [1.54, 1.807) is 0 Å². The van der Waals surface area contributed by atoms with Crippen LogP contribution in [0.5, 0.6) is 0 Å². The molecule has 5 heteroatoms. The van der Waals surface area contributed by atoms with Crippen LogP contribution in [-0.4, -0.2) is 13.7 Å². The summed E-state index contributed by atoms with van der Waals surface area (Å²) in [5.41, 5.74) is 12.4. The molecule has 8 aromatic carbocycles. The van der Waals surface area contributed by atoms with E-state index in [1.807, 2.05) is 30.3 Å². The highest BCUT2D eigenvalue weighted by Gasteiger charge is 2.22. The summed E-state index contributed by atoms with van der Waals surface area (Å²) in [4.78, 5) is 8.02. The second-order valence-corrected chi connectivity index (χ2v) is 13.9. The normalized spacial score (nSPS) is 11.6. The van der Waals surface area contributed by atoms with Crippen molar-refractivity contribution in [3.63, 3.8) is 0 Å². The zero-order valence-corrected chi connectivity index (χ0v) is 29.5. The van der Waals surface area contributed by atoms with Gasteiger partial charge < -0.3 is 13.7 Å². The molecule has 0 amide bonds. The topological polar surface area (TPSA) is 23.5 Å². The van der Waals surface area contributed by atoms with E-state index in [0.29, 0.717) is 11.4 Å². The molecule has 55 heavy (non-hydrogen) atoms. The monoisotopic (exact) mass is 699 g/mol. The first-order valence-electron chi connectivity index (χ1n) is 18.3. The Hall–Kier alpha value is -7.86. The molecule has 5 nitrogen and oxygen atoms in total. The third-order valence-electron chi connectivity index (χ3n) is 11.1. The van der Waals surface area contributed by atoms with Gasteiger partial charge in [-0.3, -0.25) is 0 Å². The van der Waals surface area contributed by atoms with Gasteiger partial charge in [-0.15, -0.1) is 0 Å². The van der Waals surface area contributed by atoms with Crippen molar-refractivity contribution in [3.8, 4) is 28.2 Å². The van der Waals surface area contributed by atoms with Gasteiger partial charge in [0.25, 0.3) is 0 Å². The molecule has 3 heterocycles. The smallest absolute Gasteiger partial charge is 0.218 e. The maximum Gasteiger partial charge on any atom is 0.218 e. The summed E-state index contributed by atoms with van der Waals surface area (Å²) in [7, 11) is 0. The summed E-state index contributed by atoms with van der Waals surface area (Å²) in [6.07, 6.45) is 0. The van der Waals surface area contributed by atoms with E-state index < -0.39 is 0 Å². The van der Waals surface area contributed by atoms with Gasteiger partial charge in [0.15, 0.2) is 5.69 Å². The molecule has 0 unspecified atom stereocenters. The molecule has 0 saturated heterocycles. The SMILES string of the molecule is [C-]#[N+]c1ccc2c(c1)c1ccccc1n2-c1ccccc1-c1cccc(-n2c3ccccc3c3cc(-n4c5ccccc5c5ccccc54)ccc32)c1[N+]#[C-]. The number of rotatable bonds is 4. The molecule has 254 valence electrons. The predicted molar refractivity (Wildman–Crippen MR) is 227 cm³/mol. The Morgan fingerprint density at radius 3 is 1.40 bits per heavy atom. The molecule has 0 bridgehead atoms. The average Bonchev–Trinajstić information content (AvgIpc) is 3.88. The second kappa shape index (κ2) is 11.8. The molecule has 0 atom stereocenters. The largest absolute Gasteiger partial charge is 0.319 e. The van der Waals surface area contributed by atoms with Crippen LogP contribution < -0.4 is 0 Å². The minimum absolute atomic E-state index is 0.583. The van der Waals surface area contributed by atoms with Gasteiger partial charge in [0, 0.05) is 32.6 Å². The van der Waals surface area contributed by atoms with E-state index in [0.717, 1.165) is 71.8 Å². The molecular weight excluding hydrogens is 671 g/mol. The van der Waals surface area contributed by atoms with Crippen molar-refractivity contribution < 1.29 is 0 Å². The first kappa shape index (κ1) is 30.7. The molecule has 0 saturated carbocycles. The van der Waals surface area contributed by atoms with E-state index in [-0.39, 0.29) is 0 Å². The first-order chi connectivity index (χ1) is 27.2. The Labute approximate surface area is 316 Å². The average molecular weight is 700 g/mol. The van der Waals surface area contributed by atoms with Crippen LogP contribution in [0.25, 0.3) is 103 Å². The number of fused-ring (bicyclic) bond motifs is 9. The van der Waals surface area contributed by atoms with Gasteiger partial charge in [-0.25, -0.2) is 9.69 Å². The summed E-state index contributed by atoms with van der Waals surface area (Å²) < 4.78 is 6.88. The zero-order valence-electron chi connectivity index (χ0n) is 29.5. The Morgan fingerprint density at radius 2 is 0.782 bits per heavy atom. The lowest BCUT2D eigenvalue weighted by Crippen LogP contribution is -1.99. The van der Waals surface area contributed by atoms with Crippen LogP contribution in [-0.2, 0) is 0 Å². The third kappa shape index (κ3) is 4.39. The lowest BCUT2D eigenvalue weighted by atomic mass is 10.00. The summed E-state index contributed by atoms with van der Waals surface area (Å²) in [5.74, 6) is 0. The van der Waals surface area contributed by atoms with Crippen molar-refractivity contribution in [1.82, 2.24) is 13.7 Å². The highest BCUT2D eigenvalue weighted by atomic mass is 15.0. The standard InChI is InChI=1S/C50H29N5/c1-51-32-26-28-47-40(30-32)37-17-6-11-23-45(37)54(47)44-22-10-5-16-36(44)39-19-13-25-49(50(39)52-2)55-46-24-12-7-18-38(46)41-31-33(27-29-48(41)55)53-42-20-8-3-14-34(42)35-15-4-9-21-43(35)53/h3-31H. The van der Waals surface area contributed by atoms with Crippen LogP contribution in [0.4, 0.5) is 11.4 Å². The summed E-state index contributed by atoms with van der Waals surface area (Å²) in [6, 6.07) is 61.2. The lowest BCUT2D eigenvalue weighted by Gasteiger charge is -2.18. The first-order valence-corrected chi connectivity index (χ1v) is 18.3. The molecule has 0 fully saturated rings. The zero-order chi connectivity index (χ0) is 36.6. The Bertz CT molecular complexity index is 3420. The molecular formula is C50H29N5. The minimum atomic E-state index is 0.583. The van der Waals surface area contributed by atoms with E-state index >= 15 is 0 Å². The molecule has 3 aromatic heterocycles. The van der Waals surface area contributed by atoms with Gasteiger partial charge in [-0.05, 0) is 83.2 Å². The maximum atomic E-state index is 8.70. The fraction of sp³-hybridized carbons (Fsp3) is 0. The van der Waals surface area contributed by atoms with Crippen molar-refractivity contribution in [3.05, 3.63) is 199 Å².